The van der Waals surface area contributed by atoms with Crippen molar-refractivity contribution >= 4 is 12.1 Å². The Bertz CT molecular complexity index is 764. The topological polar surface area (TPSA) is 90.4 Å². The van der Waals surface area contributed by atoms with E-state index in [0.29, 0.717) is 18.5 Å². The van der Waals surface area contributed by atoms with Gasteiger partial charge in [-0.2, -0.15) is 0 Å². The number of hydrogen-bond acceptors (Lipinski definition) is 6. The van der Waals surface area contributed by atoms with E-state index in [1.165, 1.54) is 19.5 Å². The summed E-state index contributed by atoms with van der Waals surface area (Å²) in [5.41, 5.74) is 1.49. The minimum Gasteiger partial charge on any atom is -0.463 e. The zero-order valence-electron chi connectivity index (χ0n) is 13.7. The molecule has 1 heterocycles. The first kappa shape index (κ1) is 17.9. The zero-order chi connectivity index (χ0) is 17.9. The Balaban J connectivity index is 1.68. The van der Waals surface area contributed by atoms with Gasteiger partial charge < -0.3 is 14.8 Å². The van der Waals surface area contributed by atoms with E-state index >= 15 is 0 Å². The highest BCUT2D eigenvalue weighted by Crippen LogP contribution is 2.00. The minimum atomic E-state index is -0.599. The average Bonchev–Trinajstić information content (AvgIpc) is 2.67. The highest BCUT2D eigenvalue weighted by atomic mass is 16.5. The molecule has 25 heavy (non-hydrogen) atoms. The number of amides is 1. The van der Waals surface area contributed by atoms with Gasteiger partial charge in [0.1, 0.15) is 6.61 Å². The van der Waals surface area contributed by atoms with Gasteiger partial charge in [0.05, 0.1) is 12.7 Å². The molecular formula is C18H17N3O4. The molecule has 128 valence electrons. The van der Waals surface area contributed by atoms with Crippen molar-refractivity contribution in [1.82, 2.24) is 15.3 Å². The fraction of sp³-hybridized carbons (Fsp3) is 0.222. The number of nitrogens with one attached hydrogen (secondary N) is 1. The quantitative estimate of drug-likeness (QED) is 0.508. The number of alkyl carbamates (subject to hydrolysis) is 1. The van der Waals surface area contributed by atoms with Gasteiger partial charge in [0.15, 0.2) is 0 Å². The average molecular weight is 339 g/mol. The van der Waals surface area contributed by atoms with Gasteiger partial charge in [-0.1, -0.05) is 42.2 Å². The number of hydrogen-bond donors (Lipinski definition) is 1. The molecule has 1 aromatic carbocycles. The summed E-state index contributed by atoms with van der Waals surface area (Å²) in [5, 5.41) is 2.61. The number of ether oxygens (including phenoxy) is 2. The molecule has 7 nitrogen and oxygen atoms in total. The number of aromatic nitrogens is 2. The smallest absolute Gasteiger partial charge is 0.407 e. The van der Waals surface area contributed by atoms with E-state index in [4.69, 9.17) is 4.74 Å². The van der Waals surface area contributed by atoms with E-state index in [1.807, 2.05) is 30.3 Å². The predicted octanol–water partition coefficient (Wildman–Crippen LogP) is 1.93. The molecule has 7 heteroatoms. The highest BCUT2D eigenvalue weighted by molar-refractivity contribution is 5.84. The third-order valence-electron chi connectivity index (χ3n) is 2.98. The van der Waals surface area contributed by atoms with Crippen LogP contribution in [0.15, 0.2) is 42.7 Å². The molecule has 0 spiro atoms. The number of benzene rings is 1. The van der Waals surface area contributed by atoms with Crippen LogP contribution in [0.1, 0.15) is 28.2 Å². The van der Waals surface area contributed by atoms with Crippen LogP contribution in [0, 0.1) is 11.8 Å². The molecule has 0 bridgehead atoms. The van der Waals surface area contributed by atoms with Crippen molar-refractivity contribution in [2.45, 2.75) is 13.0 Å². The molecule has 0 fully saturated rings. The van der Waals surface area contributed by atoms with Crippen LogP contribution in [-0.4, -0.2) is 35.7 Å². The van der Waals surface area contributed by atoms with E-state index in [9.17, 15) is 9.59 Å². The van der Waals surface area contributed by atoms with Gasteiger partial charge in [0.25, 0.3) is 0 Å². The van der Waals surface area contributed by atoms with Crippen molar-refractivity contribution < 1.29 is 19.1 Å². The first-order valence-electron chi connectivity index (χ1n) is 7.53. The summed E-state index contributed by atoms with van der Waals surface area (Å²) in [7, 11) is 1.26. The molecule has 0 aliphatic heterocycles. The van der Waals surface area contributed by atoms with Gasteiger partial charge >= 0.3 is 12.1 Å². The van der Waals surface area contributed by atoms with Crippen molar-refractivity contribution in [3.8, 4) is 11.8 Å². The predicted molar refractivity (Wildman–Crippen MR) is 89.5 cm³/mol. The normalized spacial score (nSPS) is 9.48. The van der Waals surface area contributed by atoms with Gasteiger partial charge in [0.2, 0.25) is 5.82 Å². The molecule has 0 atom stereocenters. The SMILES string of the molecule is COC(=O)c1ncc(C#CCCNC(=O)OCc2ccccc2)cn1. The third-order valence-corrected chi connectivity index (χ3v) is 2.98. The second-order valence-corrected chi connectivity index (χ2v) is 4.83. The van der Waals surface area contributed by atoms with E-state index in [1.54, 1.807) is 0 Å². The molecule has 0 saturated heterocycles. The molecular weight excluding hydrogens is 322 g/mol. The standard InChI is InChI=1S/C18H17N3O4/c1-24-17(22)16-20-11-15(12-21-16)9-5-6-10-19-18(23)25-13-14-7-3-2-4-8-14/h2-4,7-8,11-12H,6,10,13H2,1H3,(H,19,23). The Morgan fingerprint density at radius 3 is 2.56 bits per heavy atom. The van der Waals surface area contributed by atoms with Gasteiger partial charge in [-0.15, -0.1) is 0 Å². The largest absolute Gasteiger partial charge is 0.463 e. The first-order chi connectivity index (χ1) is 12.2. The summed E-state index contributed by atoms with van der Waals surface area (Å²) >= 11 is 0. The second-order valence-electron chi connectivity index (χ2n) is 4.83. The van der Waals surface area contributed by atoms with Crippen LogP contribution in [0.25, 0.3) is 0 Å². The van der Waals surface area contributed by atoms with Crippen LogP contribution in [-0.2, 0) is 16.1 Å². The van der Waals surface area contributed by atoms with Crippen LogP contribution in [0.2, 0.25) is 0 Å². The lowest BCUT2D eigenvalue weighted by atomic mass is 10.2. The monoisotopic (exact) mass is 339 g/mol. The maximum Gasteiger partial charge on any atom is 0.407 e. The lowest BCUT2D eigenvalue weighted by molar-refractivity contribution is 0.0586. The molecule has 1 amide bonds. The zero-order valence-corrected chi connectivity index (χ0v) is 13.7. The summed E-state index contributed by atoms with van der Waals surface area (Å²) < 4.78 is 9.58. The maximum atomic E-state index is 11.5. The maximum absolute atomic E-state index is 11.5. The molecule has 1 aromatic heterocycles. The number of methoxy groups -OCH3 is 1. The highest BCUT2D eigenvalue weighted by Gasteiger charge is 2.07. The van der Waals surface area contributed by atoms with Crippen molar-refractivity contribution in [3.63, 3.8) is 0 Å². The lowest BCUT2D eigenvalue weighted by Crippen LogP contribution is -2.24. The van der Waals surface area contributed by atoms with Crippen LogP contribution >= 0.6 is 0 Å². The van der Waals surface area contributed by atoms with Crippen LogP contribution < -0.4 is 5.32 Å². The Hall–Kier alpha value is -3.40. The van der Waals surface area contributed by atoms with Crippen molar-refractivity contribution in [1.29, 1.82) is 0 Å². The van der Waals surface area contributed by atoms with Gasteiger partial charge in [-0.3, -0.25) is 0 Å². The fourth-order valence-electron chi connectivity index (χ4n) is 1.76. The molecule has 0 unspecified atom stereocenters. The Morgan fingerprint density at radius 1 is 1.16 bits per heavy atom. The fourth-order valence-corrected chi connectivity index (χ4v) is 1.76. The number of nitrogens with zero attached hydrogens (tertiary/aromatic N) is 2. The molecule has 2 rings (SSSR count). The van der Waals surface area contributed by atoms with Crippen LogP contribution in [0.4, 0.5) is 4.79 Å². The summed E-state index contributed by atoms with van der Waals surface area (Å²) in [4.78, 5) is 30.4. The van der Waals surface area contributed by atoms with Crippen LogP contribution in [0.5, 0.6) is 0 Å². The molecule has 0 aliphatic carbocycles. The summed E-state index contributed by atoms with van der Waals surface area (Å²) in [5.74, 6) is 5.10. The van der Waals surface area contributed by atoms with Crippen LogP contribution in [0.3, 0.4) is 0 Å². The molecule has 0 radical (unpaired) electrons. The molecule has 2 aromatic rings. The van der Waals surface area contributed by atoms with Crippen molar-refractivity contribution in [2.24, 2.45) is 0 Å². The van der Waals surface area contributed by atoms with Gasteiger partial charge in [-0.25, -0.2) is 19.6 Å². The van der Waals surface area contributed by atoms with Gasteiger partial charge in [-0.05, 0) is 5.56 Å². The van der Waals surface area contributed by atoms with E-state index in [-0.39, 0.29) is 12.4 Å². The Labute approximate surface area is 145 Å². The second kappa shape index (κ2) is 9.67. The van der Waals surface area contributed by atoms with E-state index in [2.05, 4.69) is 31.9 Å². The molecule has 0 saturated carbocycles. The van der Waals surface area contributed by atoms with E-state index in [0.717, 1.165) is 5.56 Å². The van der Waals surface area contributed by atoms with Gasteiger partial charge in [0, 0.05) is 25.4 Å². The Kier molecular flexibility index (Phi) is 6.95. The first-order valence-corrected chi connectivity index (χ1v) is 7.53. The summed E-state index contributed by atoms with van der Waals surface area (Å²) in [6, 6.07) is 9.43. The van der Waals surface area contributed by atoms with Crippen molar-refractivity contribution in [3.05, 3.63) is 59.7 Å². The molecule has 0 aliphatic rings. The number of carbonyl (C=O) groups excluding carboxylic acids is 2. The third kappa shape index (κ3) is 6.31. The van der Waals surface area contributed by atoms with E-state index < -0.39 is 12.1 Å². The minimum absolute atomic E-state index is 0.0177. The number of esters is 1. The van der Waals surface area contributed by atoms with Crippen molar-refractivity contribution in [2.75, 3.05) is 13.7 Å². The number of carbonyl (C=O) groups is 2. The lowest BCUT2D eigenvalue weighted by Gasteiger charge is -2.05. The summed E-state index contributed by atoms with van der Waals surface area (Å²) in [6.07, 6.45) is 2.83. The summed E-state index contributed by atoms with van der Waals surface area (Å²) in [6.45, 7) is 0.587. The molecule has 1 N–H and O–H groups in total. The Morgan fingerprint density at radius 2 is 1.88 bits per heavy atom. The number of rotatable bonds is 5.